The van der Waals surface area contributed by atoms with E-state index in [1.807, 2.05) is 0 Å². The van der Waals surface area contributed by atoms with Gasteiger partial charge in [0.2, 0.25) is 0 Å². The monoisotopic (exact) mass is 255 g/mol. The fourth-order valence-corrected chi connectivity index (χ4v) is 2.97. The van der Waals surface area contributed by atoms with Crippen molar-refractivity contribution in [3.8, 4) is 6.07 Å². The van der Waals surface area contributed by atoms with Crippen molar-refractivity contribution >= 4 is 5.69 Å². The van der Waals surface area contributed by atoms with Crippen LogP contribution in [0.2, 0.25) is 0 Å². The summed E-state index contributed by atoms with van der Waals surface area (Å²) in [5.41, 5.74) is 2.74. The van der Waals surface area contributed by atoms with E-state index in [0.29, 0.717) is 12.0 Å². The van der Waals surface area contributed by atoms with Crippen molar-refractivity contribution in [1.82, 2.24) is 5.32 Å². The second-order valence-corrected chi connectivity index (χ2v) is 5.97. The molecule has 0 spiro atoms. The van der Waals surface area contributed by atoms with Crippen LogP contribution in [0.25, 0.3) is 0 Å². The van der Waals surface area contributed by atoms with Gasteiger partial charge in [0.15, 0.2) is 0 Å². The summed E-state index contributed by atoms with van der Waals surface area (Å²) < 4.78 is 0. The Morgan fingerprint density at radius 2 is 2.21 bits per heavy atom. The summed E-state index contributed by atoms with van der Waals surface area (Å²) >= 11 is 0. The highest BCUT2D eigenvalue weighted by Crippen LogP contribution is 2.29. The van der Waals surface area contributed by atoms with Crippen LogP contribution in [0.15, 0.2) is 24.3 Å². The molecule has 0 bridgehead atoms. The van der Waals surface area contributed by atoms with Crippen molar-refractivity contribution in [1.29, 1.82) is 5.26 Å². The first-order valence-corrected chi connectivity index (χ1v) is 7.25. The van der Waals surface area contributed by atoms with Gasteiger partial charge in [0.05, 0.1) is 6.07 Å². The SMILES string of the molecule is CC1Cc2ccccc2N(CC(C#N)NC2CC2)C1. The third-order valence-corrected chi connectivity index (χ3v) is 4.01. The molecule has 0 amide bonds. The van der Waals surface area contributed by atoms with Crippen LogP contribution in [-0.4, -0.2) is 25.2 Å². The molecular weight excluding hydrogens is 234 g/mol. The standard InChI is InChI=1S/C16H21N3/c1-12-8-13-4-2-3-5-16(13)19(10-12)11-15(9-17)18-14-6-7-14/h2-5,12,14-15,18H,6-8,10-11H2,1H3. The van der Waals surface area contributed by atoms with E-state index < -0.39 is 0 Å². The number of fused-ring (bicyclic) bond motifs is 1. The number of hydrogen-bond acceptors (Lipinski definition) is 3. The van der Waals surface area contributed by atoms with Crippen LogP contribution in [0.1, 0.15) is 25.3 Å². The van der Waals surface area contributed by atoms with Crippen LogP contribution in [-0.2, 0) is 6.42 Å². The molecule has 0 aromatic heterocycles. The highest BCUT2D eigenvalue weighted by molar-refractivity contribution is 5.56. The van der Waals surface area contributed by atoms with Crippen LogP contribution in [0.5, 0.6) is 0 Å². The first-order chi connectivity index (χ1) is 9.26. The molecular formula is C16H21N3. The maximum Gasteiger partial charge on any atom is 0.113 e. The average Bonchev–Trinajstić information content (AvgIpc) is 3.21. The molecule has 1 aliphatic carbocycles. The van der Waals surface area contributed by atoms with E-state index in [1.165, 1.54) is 24.1 Å². The lowest BCUT2D eigenvalue weighted by atomic mass is 9.93. The topological polar surface area (TPSA) is 39.1 Å². The average molecular weight is 255 g/mol. The largest absolute Gasteiger partial charge is 0.368 e. The first kappa shape index (κ1) is 12.5. The molecule has 1 aliphatic heterocycles. The van der Waals surface area contributed by atoms with Crippen molar-refractivity contribution in [2.75, 3.05) is 18.0 Å². The molecule has 3 nitrogen and oxygen atoms in total. The molecule has 0 radical (unpaired) electrons. The summed E-state index contributed by atoms with van der Waals surface area (Å²) in [6.45, 7) is 4.15. The molecule has 1 fully saturated rings. The van der Waals surface area contributed by atoms with Gasteiger partial charge in [-0.25, -0.2) is 0 Å². The Morgan fingerprint density at radius 1 is 1.42 bits per heavy atom. The molecule has 3 heteroatoms. The summed E-state index contributed by atoms with van der Waals surface area (Å²) in [7, 11) is 0. The Kier molecular flexibility index (Phi) is 3.44. The summed E-state index contributed by atoms with van der Waals surface area (Å²) in [5, 5.41) is 12.7. The van der Waals surface area contributed by atoms with Gasteiger partial charge in [-0.1, -0.05) is 25.1 Å². The molecule has 2 atom stereocenters. The quantitative estimate of drug-likeness (QED) is 0.897. The van der Waals surface area contributed by atoms with Gasteiger partial charge in [-0.05, 0) is 36.8 Å². The van der Waals surface area contributed by atoms with Crippen molar-refractivity contribution < 1.29 is 0 Å². The molecule has 1 heterocycles. The number of hydrogen-bond donors (Lipinski definition) is 1. The molecule has 19 heavy (non-hydrogen) atoms. The first-order valence-electron chi connectivity index (χ1n) is 7.25. The zero-order valence-electron chi connectivity index (χ0n) is 11.5. The highest BCUT2D eigenvalue weighted by atomic mass is 15.2. The highest BCUT2D eigenvalue weighted by Gasteiger charge is 2.28. The number of nitriles is 1. The molecule has 1 aromatic rings. The predicted molar refractivity (Wildman–Crippen MR) is 77.1 cm³/mol. The molecule has 2 aliphatic rings. The summed E-state index contributed by atoms with van der Waals surface area (Å²) in [6, 6.07) is 11.6. The van der Waals surface area contributed by atoms with Gasteiger partial charge in [0, 0.05) is 24.8 Å². The maximum absolute atomic E-state index is 9.31. The molecule has 2 unspecified atom stereocenters. The fourth-order valence-electron chi connectivity index (χ4n) is 2.97. The summed E-state index contributed by atoms with van der Waals surface area (Å²) in [6.07, 6.45) is 3.61. The minimum Gasteiger partial charge on any atom is -0.368 e. The van der Waals surface area contributed by atoms with Crippen molar-refractivity contribution in [3.63, 3.8) is 0 Å². The van der Waals surface area contributed by atoms with Gasteiger partial charge >= 0.3 is 0 Å². The molecule has 1 aromatic carbocycles. The number of anilines is 1. The second-order valence-electron chi connectivity index (χ2n) is 5.97. The number of rotatable bonds is 4. The summed E-state index contributed by atoms with van der Waals surface area (Å²) in [4.78, 5) is 2.38. The van der Waals surface area contributed by atoms with Gasteiger partial charge in [0.25, 0.3) is 0 Å². The minimum atomic E-state index is -0.0501. The van der Waals surface area contributed by atoms with E-state index in [2.05, 4.69) is 47.5 Å². The van der Waals surface area contributed by atoms with E-state index in [-0.39, 0.29) is 6.04 Å². The van der Waals surface area contributed by atoms with E-state index in [4.69, 9.17) is 0 Å². The Morgan fingerprint density at radius 3 is 2.95 bits per heavy atom. The van der Waals surface area contributed by atoms with Gasteiger partial charge < -0.3 is 4.90 Å². The number of nitrogens with zero attached hydrogens (tertiary/aromatic N) is 2. The van der Waals surface area contributed by atoms with Crippen molar-refractivity contribution in [2.45, 2.75) is 38.3 Å². The normalized spacial score (nSPS) is 23.6. The Hall–Kier alpha value is -1.53. The van der Waals surface area contributed by atoms with Crippen LogP contribution in [0.3, 0.4) is 0 Å². The maximum atomic E-state index is 9.31. The third-order valence-electron chi connectivity index (χ3n) is 4.01. The lowest BCUT2D eigenvalue weighted by Gasteiger charge is -2.36. The molecule has 3 rings (SSSR count). The summed E-state index contributed by atoms with van der Waals surface area (Å²) in [5.74, 6) is 0.662. The fraction of sp³-hybridized carbons (Fsp3) is 0.562. The van der Waals surface area contributed by atoms with E-state index >= 15 is 0 Å². The van der Waals surface area contributed by atoms with Crippen LogP contribution >= 0.6 is 0 Å². The van der Waals surface area contributed by atoms with Crippen molar-refractivity contribution in [2.24, 2.45) is 5.92 Å². The molecule has 100 valence electrons. The lowest BCUT2D eigenvalue weighted by Crippen LogP contribution is -2.44. The zero-order chi connectivity index (χ0) is 13.2. The molecule has 1 N–H and O–H groups in total. The molecule has 1 saturated carbocycles. The van der Waals surface area contributed by atoms with Crippen LogP contribution in [0.4, 0.5) is 5.69 Å². The van der Waals surface area contributed by atoms with E-state index in [0.717, 1.165) is 19.5 Å². The van der Waals surface area contributed by atoms with Gasteiger partial charge in [-0.15, -0.1) is 0 Å². The number of nitrogens with one attached hydrogen (secondary N) is 1. The van der Waals surface area contributed by atoms with Crippen molar-refractivity contribution in [3.05, 3.63) is 29.8 Å². The zero-order valence-corrected chi connectivity index (χ0v) is 11.5. The number of benzene rings is 1. The predicted octanol–water partition coefficient (Wildman–Crippen LogP) is 2.33. The number of para-hydroxylation sites is 1. The van der Waals surface area contributed by atoms with Gasteiger partial charge in [-0.3, -0.25) is 5.32 Å². The minimum absolute atomic E-state index is 0.0501. The third kappa shape index (κ3) is 2.90. The Balaban J connectivity index is 1.74. The lowest BCUT2D eigenvalue weighted by molar-refractivity contribution is 0.501. The smallest absolute Gasteiger partial charge is 0.113 e. The van der Waals surface area contributed by atoms with Gasteiger partial charge in [0.1, 0.15) is 6.04 Å². The van der Waals surface area contributed by atoms with E-state index in [9.17, 15) is 5.26 Å². The second kappa shape index (κ2) is 5.22. The van der Waals surface area contributed by atoms with Gasteiger partial charge in [-0.2, -0.15) is 5.26 Å². The van der Waals surface area contributed by atoms with E-state index in [1.54, 1.807) is 0 Å². The van der Waals surface area contributed by atoms with Crippen LogP contribution in [0, 0.1) is 17.2 Å². The Labute approximate surface area is 115 Å². The molecule has 0 saturated heterocycles. The Bertz CT molecular complexity index is 487. The van der Waals surface area contributed by atoms with Crippen LogP contribution < -0.4 is 10.2 Å².